The van der Waals surface area contributed by atoms with Gasteiger partial charge >= 0.3 is 0 Å². The molecule has 0 saturated heterocycles. The van der Waals surface area contributed by atoms with Crippen molar-refractivity contribution in [3.63, 3.8) is 0 Å². The zero-order valence-corrected chi connectivity index (χ0v) is 10.4. The predicted octanol–water partition coefficient (Wildman–Crippen LogP) is 2.76. The molecule has 0 atom stereocenters. The van der Waals surface area contributed by atoms with Crippen LogP contribution in [0.15, 0.2) is 10.6 Å². The Morgan fingerprint density at radius 3 is 2.60 bits per heavy atom. The molecule has 1 heterocycles. The molecule has 0 amide bonds. The highest BCUT2D eigenvalue weighted by Crippen LogP contribution is 2.20. The van der Waals surface area contributed by atoms with Gasteiger partial charge in [0.2, 0.25) is 5.89 Å². The van der Waals surface area contributed by atoms with Crippen molar-refractivity contribution in [1.29, 1.82) is 0 Å². The van der Waals surface area contributed by atoms with E-state index in [1.807, 2.05) is 6.20 Å². The maximum atomic E-state index is 5.64. The Morgan fingerprint density at radius 1 is 1.40 bits per heavy atom. The molecule has 0 spiro atoms. The van der Waals surface area contributed by atoms with Crippen molar-refractivity contribution in [1.82, 2.24) is 10.3 Å². The summed E-state index contributed by atoms with van der Waals surface area (Å²) in [5, 5.41) is 3.28. The van der Waals surface area contributed by atoms with Crippen LogP contribution in [0, 0.1) is 5.41 Å². The molecule has 1 aromatic rings. The van der Waals surface area contributed by atoms with Crippen LogP contribution in [0.3, 0.4) is 0 Å². The molecule has 0 aromatic carbocycles. The normalized spacial score (nSPS) is 12.4. The Morgan fingerprint density at radius 2 is 2.07 bits per heavy atom. The third-order valence-electron chi connectivity index (χ3n) is 1.97. The van der Waals surface area contributed by atoms with E-state index in [1.54, 1.807) is 0 Å². The monoisotopic (exact) mass is 210 g/mol. The van der Waals surface area contributed by atoms with Gasteiger partial charge in [-0.1, -0.05) is 34.6 Å². The number of oxazole rings is 1. The summed E-state index contributed by atoms with van der Waals surface area (Å²) in [4.78, 5) is 4.24. The minimum Gasteiger partial charge on any atom is -0.444 e. The number of aromatic nitrogens is 1. The summed E-state index contributed by atoms with van der Waals surface area (Å²) in [5.74, 6) is 1.76. The van der Waals surface area contributed by atoms with Crippen molar-refractivity contribution in [3.05, 3.63) is 17.8 Å². The second kappa shape index (κ2) is 4.79. The molecule has 1 N–H and O–H groups in total. The second-order valence-electron chi connectivity index (χ2n) is 5.49. The highest BCUT2D eigenvalue weighted by molar-refractivity contribution is 4.97. The van der Waals surface area contributed by atoms with Gasteiger partial charge in [-0.2, -0.15) is 0 Å². The Bertz CT molecular complexity index is 297. The fourth-order valence-electron chi connectivity index (χ4n) is 1.33. The van der Waals surface area contributed by atoms with Crippen LogP contribution in [0.1, 0.15) is 46.3 Å². The summed E-state index contributed by atoms with van der Waals surface area (Å²) in [7, 11) is 0. The Labute approximate surface area is 92.3 Å². The van der Waals surface area contributed by atoms with E-state index in [-0.39, 0.29) is 5.41 Å². The average Bonchev–Trinajstić information content (AvgIpc) is 2.45. The molecule has 3 heteroatoms. The Hall–Kier alpha value is -0.830. The molecule has 15 heavy (non-hydrogen) atoms. The van der Waals surface area contributed by atoms with Crippen molar-refractivity contribution >= 4 is 0 Å². The van der Waals surface area contributed by atoms with E-state index in [9.17, 15) is 0 Å². The van der Waals surface area contributed by atoms with E-state index in [0.717, 1.165) is 18.1 Å². The number of hydrogen-bond donors (Lipinski definition) is 1. The van der Waals surface area contributed by atoms with Crippen LogP contribution in [-0.2, 0) is 13.0 Å². The first-order valence-electron chi connectivity index (χ1n) is 5.54. The van der Waals surface area contributed by atoms with Gasteiger partial charge in [0.05, 0.1) is 12.7 Å². The average molecular weight is 210 g/mol. The SMILES string of the molecule is CC(C)NCc1ncc(CC(C)(C)C)o1. The van der Waals surface area contributed by atoms with Gasteiger partial charge in [0.1, 0.15) is 5.76 Å². The lowest BCUT2D eigenvalue weighted by Crippen LogP contribution is -2.21. The largest absolute Gasteiger partial charge is 0.444 e. The van der Waals surface area contributed by atoms with Crippen molar-refractivity contribution in [2.24, 2.45) is 5.41 Å². The summed E-state index contributed by atoms with van der Waals surface area (Å²) in [6, 6.07) is 0.461. The lowest BCUT2D eigenvalue weighted by atomic mass is 9.91. The number of nitrogens with one attached hydrogen (secondary N) is 1. The molecule has 0 aliphatic rings. The molecule has 0 aliphatic carbocycles. The van der Waals surface area contributed by atoms with Crippen LogP contribution in [0.4, 0.5) is 0 Å². The summed E-state index contributed by atoms with van der Waals surface area (Å²) >= 11 is 0. The third-order valence-corrected chi connectivity index (χ3v) is 1.97. The van der Waals surface area contributed by atoms with Gasteiger partial charge in [-0.05, 0) is 5.41 Å². The highest BCUT2D eigenvalue weighted by atomic mass is 16.4. The van der Waals surface area contributed by atoms with Crippen LogP contribution in [0.2, 0.25) is 0 Å². The van der Waals surface area contributed by atoms with Crippen LogP contribution in [0.5, 0.6) is 0 Å². The first-order chi connectivity index (χ1) is 6.87. The summed E-state index contributed by atoms with van der Waals surface area (Å²) in [6.45, 7) is 11.5. The van der Waals surface area contributed by atoms with Crippen molar-refractivity contribution in [2.45, 2.75) is 53.6 Å². The highest BCUT2D eigenvalue weighted by Gasteiger charge is 2.14. The fourth-order valence-corrected chi connectivity index (χ4v) is 1.33. The van der Waals surface area contributed by atoms with E-state index in [0.29, 0.717) is 12.6 Å². The zero-order valence-electron chi connectivity index (χ0n) is 10.4. The molecular formula is C12H22N2O. The third kappa shape index (κ3) is 4.98. The molecule has 3 nitrogen and oxygen atoms in total. The molecule has 1 aromatic heterocycles. The molecule has 0 saturated carbocycles. The van der Waals surface area contributed by atoms with Crippen LogP contribution < -0.4 is 5.32 Å². The molecule has 0 radical (unpaired) electrons. The van der Waals surface area contributed by atoms with Crippen LogP contribution in [0.25, 0.3) is 0 Å². The Kier molecular flexibility index (Phi) is 3.91. The quantitative estimate of drug-likeness (QED) is 0.830. The topological polar surface area (TPSA) is 38.1 Å². The van der Waals surface area contributed by atoms with Gasteiger partial charge in [0, 0.05) is 12.5 Å². The van der Waals surface area contributed by atoms with Gasteiger partial charge in [-0.15, -0.1) is 0 Å². The van der Waals surface area contributed by atoms with E-state index in [4.69, 9.17) is 4.42 Å². The molecule has 0 bridgehead atoms. The van der Waals surface area contributed by atoms with Gasteiger partial charge in [0.25, 0.3) is 0 Å². The standard InChI is InChI=1S/C12H22N2O/c1-9(2)13-8-11-14-7-10(15-11)6-12(3,4)5/h7,9,13H,6,8H2,1-5H3. The smallest absolute Gasteiger partial charge is 0.208 e. The Balaban J connectivity index is 2.49. The zero-order chi connectivity index (χ0) is 11.5. The van der Waals surface area contributed by atoms with Gasteiger partial charge < -0.3 is 9.73 Å². The molecule has 1 rings (SSSR count). The summed E-state index contributed by atoms with van der Waals surface area (Å²) < 4.78 is 5.64. The van der Waals surface area contributed by atoms with E-state index in [2.05, 4.69) is 44.9 Å². The maximum absolute atomic E-state index is 5.64. The predicted molar refractivity (Wildman–Crippen MR) is 61.6 cm³/mol. The fraction of sp³-hybridized carbons (Fsp3) is 0.750. The number of rotatable bonds is 4. The minimum atomic E-state index is 0.252. The number of nitrogens with zero attached hydrogens (tertiary/aromatic N) is 1. The van der Waals surface area contributed by atoms with Crippen molar-refractivity contribution in [2.75, 3.05) is 0 Å². The summed E-state index contributed by atoms with van der Waals surface area (Å²) in [5.41, 5.74) is 0.252. The van der Waals surface area contributed by atoms with E-state index < -0.39 is 0 Å². The lowest BCUT2D eigenvalue weighted by Gasteiger charge is -2.15. The van der Waals surface area contributed by atoms with Crippen molar-refractivity contribution in [3.8, 4) is 0 Å². The minimum absolute atomic E-state index is 0.252. The lowest BCUT2D eigenvalue weighted by molar-refractivity contribution is 0.346. The van der Waals surface area contributed by atoms with Crippen LogP contribution >= 0.6 is 0 Å². The van der Waals surface area contributed by atoms with Crippen molar-refractivity contribution < 1.29 is 4.42 Å². The van der Waals surface area contributed by atoms with Gasteiger partial charge in [0.15, 0.2) is 0 Å². The molecular weight excluding hydrogens is 188 g/mol. The first kappa shape index (κ1) is 12.2. The second-order valence-corrected chi connectivity index (χ2v) is 5.49. The molecule has 0 aliphatic heterocycles. The van der Waals surface area contributed by atoms with Gasteiger partial charge in [-0.25, -0.2) is 4.98 Å². The molecule has 86 valence electrons. The molecule has 0 fully saturated rings. The summed E-state index contributed by atoms with van der Waals surface area (Å²) in [6.07, 6.45) is 2.77. The van der Waals surface area contributed by atoms with Crippen LogP contribution in [-0.4, -0.2) is 11.0 Å². The molecule has 0 unspecified atom stereocenters. The number of hydrogen-bond acceptors (Lipinski definition) is 3. The maximum Gasteiger partial charge on any atom is 0.208 e. The first-order valence-corrected chi connectivity index (χ1v) is 5.54. The van der Waals surface area contributed by atoms with E-state index in [1.165, 1.54) is 0 Å². The van der Waals surface area contributed by atoms with E-state index >= 15 is 0 Å². The van der Waals surface area contributed by atoms with Gasteiger partial charge in [-0.3, -0.25) is 0 Å².